The van der Waals surface area contributed by atoms with Crippen molar-refractivity contribution in [3.63, 3.8) is 0 Å². The van der Waals surface area contributed by atoms with Gasteiger partial charge in [-0.05, 0) is 17.5 Å². The van der Waals surface area contributed by atoms with Crippen LogP contribution in [0, 0.1) is 0 Å². The van der Waals surface area contributed by atoms with Crippen LogP contribution < -0.4 is 0 Å². The van der Waals surface area contributed by atoms with Gasteiger partial charge in [-0.2, -0.15) is 0 Å². The summed E-state index contributed by atoms with van der Waals surface area (Å²) in [6, 6.07) is 10.3. The van der Waals surface area contributed by atoms with Crippen LogP contribution >= 0.6 is 0 Å². The zero-order valence-electron chi connectivity index (χ0n) is 8.41. The van der Waals surface area contributed by atoms with E-state index >= 15 is 0 Å². The zero-order valence-corrected chi connectivity index (χ0v) is 8.41. The SMILES string of the molecule is [N-]=[N+]=NC[C@@H]1C[C@@H](c2ccccc2)CO1. The normalized spacial score (nSPS) is 24.8. The standard InChI is InChI=1S/C11H13N3O/c12-14-13-7-11-6-10(8-15-11)9-4-2-1-3-5-9/h1-5,10-11H,6-8H2/t10-,11+/m1/s1. The summed E-state index contributed by atoms with van der Waals surface area (Å²) in [6.07, 6.45) is 1.04. The fourth-order valence-electron chi connectivity index (χ4n) is 1.92. The molecule has 1 heterocycles. The minimum Gasteiger partial charge on any atom is -0.377 e. The Morgan fingerprint density at radius 1 is 1.40 bits per heavy atom. The Labute approximate surface area is 88.5 Å². The highest BCUT2D eigenvalue weighted by molar-refractivity contribution is 5.20. The minimum atomic E-state index is 0.0890. The lowest BCUT2D eigenvalue weighted by Crippen LogP contribution is -2.08. The number of benzene rings is 1. The fraction of sp³-hybridized carbons (Fsp3) is 0.455. The van der Waals surface area contributed by atoms with Crippen LogP contribution in [-0.2, 0) is 4.74 Å². The second kappa shape index (κ2) is 4.82. The highest BCUT2D eigenvalue weighted by Crippen LogP contribution is 2.29. The lowest BCUT2D eigenvalue weighted by molar-refractivity contribution is 0.116. The fourth-order valence-corrected chi connectivity index (χ4v) is 1.92. The Morgan fingerprint density at radius 3 is 2.93 bits per heavy atom. The average molecular weight is 203 g/mol. The van der Waals surface area contributed by atoms with Crippen molar-refractivity contribution < 1.29 is 4.74 Å². The van der Waals surface area contributed by atoms with Gasteiger partial charge in [0.15, 0.2) is 0 Å². The van der Waals surface area contributed by atoms with Crippen molar-refractivity contribution in [2.24, 2.45) is 5.11 Å². The van der Waals surface area contributed by atoms with Gasteiger partial charge in [0.1, 0.15) is 0 Å². The summed E-state index contributed by atoms with van der Waals surface area (Å²) in [6.45, 7) is 1.18. The first-order valence-electron chi connectivity index (χ1n) is 5.07. The monoisotopic (exact) mass is 203 g/mol. The van der Waals surface area contributed by atoms with Gasteiger partial charge < -0.3 is 4.74 Å². The van der Waals surface area contributed by atoms with Crippen LogP contribution in [0.15, 0.2) is 35.4 Å². The molecule has 2 atom stereocenters. The van der Waals surface area contributed by atoms with Gasteiger partial charge in [-0.1, -0.05) is 35.4 Å². The van der Waals surface area contributed by atoms with E-state index in [4.69, 9.17) is 10.3 Å². The predicted molar refractivity (Wildman–Crippen MR) is 57.6 cm³/mol. The maximum absolute atomic E-state index is 8.21. The molecule has 0 spiro atoms. The van der Waals surface area contributed by atoms with E-state index < -0.39 is 0 Å². The number of nitrogens with zero attached hydrogens (tertiary/aromatic N) is 3. The largest absolute Gasteiger partial charge is 0.377 e. The van der Waals surface area contributed by atoms with E-state index in [1.54, 1.807) is 0 Å². The molecule has 4 nitrogen and oxygen atoms in total. The van der Waals surface area contributed by atoms with Gasteiger partial charge in [0, 0.05) is 10.8 Å². The third kappa shape index (κ3) is 2.49. The molecule has 1 aliphatic rings. The quantitative estimate of drug-likeness (QED) is 0.423. The molecule has 4 heteroatoms. The van der Waals surface area contributed by atoms with Gasteiger partial charge in [0.05, 0.1) is 19.3 Å². The molecule has 0 amide bonds. The summed E-state index contributed by atoms with van der Waals surface area (Å²) in [7, 11) is 0. The van der Waals surface area contributed by atoms with Crippen molar-refractivity contribution in [2.75, 3.05) is 13.2 Å². The third-order valence-corrected chi connectivity index (χ3v) is 2.70. The highest BCUT2D eigenvalue weighted by Gasteiger charge is 2.25. The van der Waals surface area contributed by atoms with Gasteiger partial charge in [-0.15, -0.1) is 0 Å². The molecule has 1 aromatic rings. The molecule has 1 aliphatic heterocycles. The van der Waals surface area contributed by atoms with E-state index in [1.807, 2.05) is 18.2 Å². The van der Waals surface area contributed by atoms with Gasteiger partial charge in [0.2, 0.25) is 0 Å². The van der Waals surface area contributed by atoms with Gasteiger partial charge in [-0.3, -0.25) is 0 Å². The van der Waals surface area contributed by atoms with Crippen molar-refractivity contribution in [3.05, 3.63) is 46.3 Å². The molecule has 15 heavy (non-hydrogen) atoms. The summed E-state index contributed by atoms with van der Waals surface area (Å²) < 4.78 is 5.56. The molecule has 0 bridgehead atoms. The van der Waals surface area contributed by atoms with Crippen molar-refractivity contribution in [2.45, 2.75) is 18.4 Å². The maximum atomic E-state index is 8.21. The topological polar surface area (TPSA) is 58.0 Å². The molecule has 78 valence electrons. The molecule has 1 fully saturated rings. The lowest BCUT2D eigenvalue weighted by atomic mass is 9.96. The Hall–Kier alpha value is -1.51. The van der Waals surface area contributed by atoms with E-state index in [-0.39, 0.29) is 6.10 Å². The van der Waals surface area contributed by atoms with Crippen LogP contribution in [0.1, 0.15) is 17.9 Å². The second-order valence-corrected chi connectivity index (χ2v) is 3.71. The lowest BCUT2D eigenvalue weighted by Gasteiger charge is -2.07. The van der Waals surface area contributed by atoms with Crippen LogP contribution in [0.25, 0.3) is 10.4 Å². The predicted octanol–water partition coefficient (Wildman–Crippen LogP) is 2.87. The Balaban J connectivity index is 1.95. The van der Waals surface area contributed by atoms with Gasteiger partial charge >= 0.3 is 0 Å². The van der Waals surface area contributed by atoms with Crippen molar-refractivity contribution >= 4 is 0 Å². The second-order valence-electron chi connectivity index (χ2n) is 3.71. The summed E-state index contributed by atoms with van der Waals surface area (Å²) in [5, 5.41) is 3.54. The van der Waals surface area contributed by atoms with Crippen LogP contribution in [-0.4, -0.2) is 19.3 Å². The molecular weight excluding hydrogens is 190 g/mol. The molecule has 0 aromatic heterocycles. The molecule has 1 saturated heterocycles. The first-order valence-corrected chi connectivity index (χ1v) is 5.07. The van der Waals surface area contributed by atoms with Crippen molar-refractivity contribution in [1.29, 1.82) is 0 Å². The van der Waals surface area contributed by atoms with E-state index in [1.165, 1.54) is 5.56 Å². The highest BCUT2D eigenvalue weighted by atomic mass is 16.5. The summed E-state index contributed by atoms with van der Waals surface area (Å²) in [5.74, 6) is 0.449. The van der Waals surface area contributed by atoms with Crippen LogP contribution in [0.4, 0.5) is 0 Å². The smallest absolute Gasteiger partial charge is 0.0638 e. The Kier molecular flexibility index (Phi) is 3.22. The molecule has 0 saturated carbocycles. The Morgan fingerprint density at radius 2 is 2.20 bits per heavy atom. The Bertz CT molecular complexity index is 359. The first-order chi connectivity index (χ1) is 7.40. The first kappa shape index (κ1) is 10.0. The minimum absolute atomic E-state index is 0.0890. The van der Waals surface area contributed by atoms with E-state index in [0.29, 0.717) is 12.5 Å². The van der Waals surface area contributed by atoms with E-state index in [0.717, 1.165) is 13.0 Å². The molecule has 0 aliphatic carbocycles. The van der Waals surface area contributed by atoms with E-state index in [2.05, 4.69) is 22.2 Å². The number of hydrogen-bond donors (Lipinski definition) is 0. The molecular formula is C11H13N3O. The average Bonchev–Trinajstić information content (AvgIpc) is 2.76. The zero-order chi connectivity index (χ0) is 10.5. The molecule has 0 N–H and O–H groups in total. The summed E-state index contributed by atoms with van der Waals surface area (Å²) in [4.78, 5) is 2.74. The van der Waals surface area contributed by atoms with Crippen molar-refractivity contribution in [1.82, 2.24) is 0 Å². The number of rotatable bonds is 3. The maximum Gasteiger partial charge on any atom is 0.0638 e. The van der Waals surface area contributed by atoms with Crippen LogP contribution in [0.2, 0.25) is 0 Å². The summed E-state index contributed by atoms with van der Waals surface area (Å²) >= 11 is 0. The summed E-state index contributed by atoms with van der Waals surface area (Å²) in [5.41, 5.74) is 9.52. The van der Waals surface area contributed by atoms with Crippen LogP contribution in [0.5, 0.6) is 0 Å². The number of ether oxygens (including phenoxy) is 1. The molecule has 1 aromatic carbocycles. The number of azide groups is 1. The molecule has 0 unspecified atom stereocenters. The molecule has 2 rings (SSSR count). The van der Waals surface area contributed by atoms with Gasteiger partial charge in [-0.25, -0.2) is 0 Å². The van der Waals surface area contributed by atoms with Gasteiger partial charge in [0.25, 0.3) is 0 Å². The molecule has 0 radical (unpaired) electrons. The number of hydrogen-bond acceptors (Lipinski definition) is 2. The van der Waals surface area contributed by atoms with E-state index in [9.17, 15) is 0 Å². The van der Waals surface area contributed by atoms with Crippen LogP contribution in [0.3, 0.4) is 0 Å². The van der Waals surface area contributed by atoms with Crippen molar-refractivity contribution in [3.8, 4) is 0 Å². The third-order valence-electron chi connectivity index (χ3n) is 2.70.